The highest BCUT2D eigenvalue weighted by atomic mass is 19.4. The number of aliphatic hydroxyl groups excluding tert-OH is 1. The van der Waals surface area contributed by atoms with Gasteiger partial charge in [0.15, 0.2) is 6.10 Å². The van der Waals surface area contributed by atoms with Crippen LogP contribution in [0.15, 0.2) is 0 Å². The van der Waals surface area contributed by atoms with Gasteiger partial charge in [-0.15, -0.1) is 0 Å². The summed E-state index contributed by atoms with van der Waals surface area (Å²) in [6, 6.07) is 0. The number of halogens is 3. The van der Waals surface area contributed by atoms with Crippen LogP contribution in [-0.2, 0) is 4.79 Å². The second-order valence-corrected chi connectivity index (χ2v) is 3.07. The lowest BCUT2D eigenvalue weighted by atomic mass is 10.3. The summed E-state index contributed by atoms with van der Waals surface area (Å²) in [5.41, 5.74) is 0. The lowest BCUT2D eigenvalue weighted by molar-refractivity contribution is -0.201. The Hall–Kier alpha value is -0.820. The van der Waals surface area contributed by atoms with E-state index in [4.69, 9.17) is 5.11 Å². The summed E-state index contributed by atoms with van der Waals surface area (Å²) in [7, 11) is 1.71. The molecule has 0 fully saturated rings. The predicted molar refractivity (Wildman–Crippen MR) is 48.2 cm³/mol. The molecule has 7 heteroatoms. The zero-order valence-corrected chi connectivity index (χ0v) is 8.40. The van der Waals surface area contributed by atoms with E-state index in [1.165, 1.54) is 0 Å². The fourth-order valence-corrected chi connectivity index (χ4v) is 0.840. The van der Waals surface area contributed by atoms with Crippen molar-refractivity contribution in [2.24, 2.45) is 0 Å². The largest absolute Gasteiger partial charge is 0.416 e. The highest BCUT2D eigenvalue weighted by Crippen LogP contribution is 2.19. The molecule has 0 heterocycles. The molecule has 0 bridgehead atoms. The van der Waals surface area contributed by atoms with Crippen LogP contribution in [0, 0.1) is 0 Å². The van der Waals surface area contributed by atoms with Gasteiger partial charge in [0.1, 0.15) is 0 Å². The van der Waals surface area contributed by atoms with Gasteiger partial charge < -0.3 is 15.7 Å². The number of alkyl halides is 3. The van der Waals surface area contributed by atoms with Crippen molar-refractivity contribution < 1.29 is 23.1 Å². The Morgan fingerprint density at radius 2 is 2.07 bits per heavy atom. The summed E-state index contributed by atoms with van der Waals surface area (Å²) in [5, 5.41) is 13.4. The lowest BCUT2D eigenvalue weighted by Crippen LogP contribution is -2.40. The fourth-order valence-electron chi connectivity index (χ4n) is 0.840. The van der Waals surface area contributed by atoms with Crippen LogP contribution in [0.25, 0.3) is 0 Å². The lowest BCUT2D eigenvalue weighted by Gasteiger charge is -2.14. The van der Waals surface area contributed by atoms with Crippen LogP contribution in [-0.4, -0.2) is 43.4 Å². The molecule has 0 aromatic carbocycles. The molecule has 0 aliphatic rings. The average Bonchev–Trinajstić information content (AvgIpc) is 2.13. The highest BCUT2D eigenvalue weighted by Gasteiger charge is 2.38. The Bertz CT molecular complexity index is 197. The van der Waals surface area contributed by atoms with Crippen molar-refractivity contribution in [3.05, 3.63) is 0 Å². The van der Waals surface area contributed by atoms with E-state index in [-0.39, 0.29) is 6.42 Å². The molecule has 0 aliphatic heterocycles. The number of carbonyl (C=O) groups is 1. The summed E-state index contributed by atoms with van der Waals surface area (Å²) >= 11 is 0. The molecule has 1 unspecified atom stereocenters. The molecule has 0 saturated carbocycles. The first kappa shape index (κ1) is 14.2. The second kappa shape index (κ2) is 6.62. The third-order valence-electron chi connectivity index (χ3n) is 1.70. The molecule has 90 valence electrons. The smallest absolute Gasteiger partial charge is 0.382 e. The molecule has 0 aromatic rings. The van der Waals surface area contributed by atoms with E-state index in [0.717, 1.165) is 0 Å². The molecule has 0 aromatic heterocycles. The van der Waals surface area contributed by atoms with Crippen LogP contribution in [0.5, 0.6) is 0 Å². The summed E-state index contributed by atoms with van der Waals surface area (Å²) < 4.78 is 35.4. The summed E-state index contributed by atoms with van der Waals surface area (Å²) in [6.07, 6.45) is -6.49. The van der Waals surface area contributed by atoms with E-state index in [1.54, 1.807) is 7.05 Å². The standard InChI is InChI=1S/C8H15F3N2O2/c1-12-4-2-3-7(15)13-5-6(14)8(9,10)11/h6,12,14H,2-5H2,1H3,(H,13,15). The molecule has 0 radical (unpaired) electrons. The maximum absolute atomic E-state index is 11.8. The molecule has 0 spiro atoms. The Labute approximate surface area is 85.8 Å². The quantitative estimate of drug-likeness (QED) is 0.562. The first-order valence-corrected chi connectivity index (χ1v) is 4.54. The topological polar surface area (TPSA) is 61.4 Å². The Kier molecular flexibility index (Phi) is 6.26. The van der Waals surface area contributed by atoms with Gasteiger partial charge in [0, 0.05) is 6.42 Å². The van der Waals surface area contributed by atoms with Crippen LogP contribution in [0.1, 0.15) is 12.8 Å². The molecular formula is C8H15F3N2O2. The van der Waals surface area contributed by atoms with Gasteiger partial charge in [-0.3, -0.25) is 4.79 Å². The minimum atomic E-state index is -4.68. The van der Waals surface area contributed by atoms with Gasteiger partial charge >= 0.3 is 6.18 Å². The second-order valence-electron chi connectivity index (χ2n) is 3.07. The monoisotopic (exact) mass is 228 g/mol. The van der Waals surface area contributed by atoms with Crippen LogP contribution in [0.2, 0.25) is 0 Å². The van der Waals surface area contributed by atoms with E-state index < -0.39 is 24.7 Å². The predicted octanol–water partition coefficient (Wildman–Crippen LogP) is 0.0254. The van der Waals surface area contributed by atoms with Gasteiger partial charge in [-0.05, 0) is 20.0 Å². The van der Waals surface area contributed by atoms with E-state index in [9.17, 15) is 18.0 Å². The van der Waals surface area contributed by atoms with Crippen molar-refractivity contribution in [3.8, 4) is 0 Å². The highest BCUT2D eigenvalue weighted by molar-refractivity contribution is 5.75. The first-order valence-electron chi connectivity index (χ1n) is 4.54. The van der Waals surface area contributed by atoms with Crippen LogP contribution in [0.3, 0.4) is 0 Å². The molecule has 1 atom stereocenters. The zero-order chi connectivity index (χ0) is 11.9. The average molecular weight is 228 g/mol. The number of carbonyl (C=O) groups excluding carboxylic acids is 1. The number of nitrogens with one attached hydrogen (secondary N) is 2. The van der Waals surface area contributed by atoms with Crippen molar-refractivity contribution in [3.63, 3.8) is 0 Å². The Balaban J connectivity index is 3.62. The fraction of sp³-hybridized carbons (Fsp3) is 0.875. The molecule has 3 N–H and O–H groups in total. The van der Waals surface area contributed by atoms with Gasteiger partial charge in [0.2, 0.25) is 5.91 Å². The Morgan fingerprint density at radius 3 is 2.53 bits per heavy atom. The summed E-state index contributed by atoms with van der Waals surface area (Å²) in [5.74, 6) is -0.492. The SMILES string of the molecule is CNCCCC(=O)NCC(O)C(F)(F)F. The molecule has 0 aliphatic carbocycles. The maximum atomic E-state index is 11.8. The van der Waals surface area contributed by atoms with Gasteiger partial charge in [-0.2, -0.15) is 13.2 Å². The zero-order valence-electron chi connectivity index (χ0n) is 8.40. The molecule has 1 amide bonds. The summed E-state index contributed by atoms with van der Waals surface area (Å²) in [6.45, 7) is -0.170. The number of hydrogen-bond acceptors (Lipinski definition) is 3. The van der Waals surface area contributed by atoms with Crippen molar-refractivity contribution in [2.75, 3.05) is 20.1 Å². The van der Waals surface area contributed by atoms with Gasteiger partial charge in [-0.1, -0.05) is 0 Å². The molecule has 0 saturated heterocycles. The molecule has 0 rings (SSSR count). The van der Waals surface area contributed by atoms with E-state index >= 15 is 0 Å². The van der Waals surface area contributed by atoms with Gasteiger partial charge in [-0.25, -0.2) is 0 Å². The third-order valence-corrected chi connectivity index (χ3v) is 1.70. The first-order chi connectivity index (χ1) is 6.88. The van der Waals surface area contributed by atoms with Crippen molar-refractivity contribution in [2.45, 2.75) is 25.1 Å². The van der Waals surface area contributed by atoms with Gasteiger partial charge in [0.05, 0.1) is 6.54 Å². The van der Waals surface area contributed by atoms with Crippen molar-refractivity contribution >= 4 is 5.91 Å². The number of amides is 1. The van der Waals surface area contributed by atoms with E-state index in [0.29, 0.717) is 13.0 Å². The van der Waals surface area contributed by atoms with Crippen molar-refractivity contribution in [1.29, 1.82) is 0 Å². The number of hydrogen-bond donors (Lipinski definition) is 3. The van der Waals surface area contributed by atoms with Crippen LogP contribution < -0.4 is 10.6 Å². The normalized spacial score (nSPS) is 13.7. The third kappa shape index (κ3) is 7.15. The minimum absolute atomic E-state index is 0.144. The molecule has 4 nitrogen and oxygen atoms in total. The van der Waals surface area contributed by atoms with Crippen LogP contribution in [0.4, 0.5) is 13.2 Å². The van der Waals surface area contributed by atoms with Crippen LogP contribution >= 0.6 is 0 Å². The molecule has 15 heavy (non-hydrogen) atoms. The van der Waals surface area contributed by atoms with Gasteiger partial charge in [0.25, 0.3) is 0 Å². The maximum Gasteiger partial charge on any atom is 0.416 e. The molecular weight excluding hydrogens is 213 g/mol. The Morgan fingerprint density at radius 1 is 1.47 bits per heavy atom. The van der Waals surface area contributed by atoms with Crippen molar-refractivity contribution in [1.82, 2.24) is 10.6 Å². The number of rotatable bonds is 6. The number of aliphatic hydroxyl groups is 1. The van der Waals surface area contributed by atoms with E-state index in [2.05, 4.69) is 5.32 Å². The summed E-state index contributed by atoms with van der Waals surface area (Å²) in [4.78, 5) is 10.9. The van der Waals surface area contributed by atoms with E-state index in [1.807, 2.05) is 5.32 Å². The minimum Gasteiger partial charge on any atom is -0.382 e.